The largest absolute Gasteiger partial charge is 0.352 e. The maximum absolute atomic E-state index is 13.3. The van der Waals surface area contributed by atoms with Crippen LogP contribution in [0.15, 0.2) is 48.5 Å². The van der Waals surface area contributed by atoms with Crippen LogP contribution in [0, 0.1) is 11.6 Å². The van der Waals surface area contributed by atoms with Gasteiger partial charge in [-0.2, -0.15) is 0 Å². The number of carbonyl (C=O) groups excluding carboxylic acids is 2. The normalized spacial score (nSPS) is 15.0. The van der Waals surface area contributed by atoms with Crippen LogP contribution in [0.25, 0.3) is 0 Å². The van der Waals surface area contributed by atoms with Gasteiger partial charge in [-0.25, -0.2) is 8.78 Å². The fraction of sp³-hybridized carbons (Fsp3) is 0.417. The third-order valence-corrected chi connectivity index (χ3v) is 5.62. The van der Waals surface area contributed by atoms with E-state index in [1.807, 2.05) is 6.92 Å². The molecular weight excluding hydrogens is 386 g/mol. The number of hydrogen-bond donors (Lipinski definition) is 1. The topological polar surface area (TPSA) is 49.4 Å². The smallest absolute Gasteiger partial charge is 0.243 e. The van der Waals surface area contributed by atoms with E-state index in [1.54, 1.807) is 29.2 Å². The maximum atomic E-state index is 13.3. The fourth-order valence-electron chi connectivity index (χ4n) is 3.95. The van der Waals surface area contributed by atoms with E-state index in [0.717, 1.165) is 31.2 Å². The Morgan fingerprint density at radius 3 is 2.03 bits per heavy atom. The van der Waals surface area contributed by atoms with Crippen molar-refractivity contribution < 1.29 is 18.4 Å². The van der Waals surface area contributed by atoms with Crippen LogP contribution in [0.4, 0.5) is 8.78 Å². The van der Waals surface area contributed by atoms with E-state index >= 15 is 0 Å². The van der Waals surface area contributed by atoms with E-state index in [9.17, 15) is 18.4 Å². The van der Waals surface area contributed by atoms with Gasteiger partial charge in [0.2, 0.25) is 11.8 Å². The average molecular weight is 414 g/mol. The zero-order valence-corrected chi connectivity index (χ0v) is 17.2. The molecule has 1 unspecified atom stereocenters. The molecular formula is C24H28F2N2O2. The lowest BCUT2D eigenvalue weighted by atomic mass is 10.1. The second-order valence-corrected chi connectivity index (χ2v) is 7.87. The van der Waals surface area contributed by atoms with Crippen molar-refractivity contribution in [2.75, 3.05) is 0 Å². The molecule has 3 rings (SSSR count). The minimum absolute atomic E-state index is 0.0642. The summed E-state index contributed by atoms with van der Waals surface area (Å²) >= 11 is 0. The highest BCUT2D eigenvalue weighted by atomic mass is 19.1. The van der Waals surface area contributed by atoms with Crippen LogP contribution >= 0.6 is 0 Å². The highest BCUT2D eigenvalue weighted by Crippen LogP contribution is 2.20. The molecule has 0 bridgehead atoms. The van der Waals surface area contributed by atoms with Gasteiger partial charge in [-0.15, -0.1) is 0 Å². The van der Waals surface area contributed by atoms with Crippen LogP contribution in [0.3, 0.4) is 0 Å². The lowest BCUT2D eigenvalue weighted by Gasteiger charge is -2.31. The van der Waals surface area contributed by atoms with E-state index in [-0.39, 0.29) is 42.5 Å². The van der Waals surface area contributed by atoms with Crippen molar-refractivity contribution in [2.45, 2.75) is 64.1 Å². The average Bonchev–Trinajstić information content (AvgIpc) is 3.24. The van der Waals surface area contributed by atoms with Crippen LogP contribution in [0.1, 0.15) is 50.2 Å². The van der Waals surface area contributed by atoms with Crippen LogP contribution in [0.2, 0.25) is 0 Å². The summed E-state index contributed by atoms with van der Waals surface area (Å²) in [5.74, 6) is -1.09. The first-order chi connectivity index (χ1) is 14.5. The number of rotatable bonds is 8. The highest BCUT2D eigenvalue weighted by Gasteiger charge is 2.30. The minimum Gasteiger partial charge on any atom is -0.352 e. The van der Waals surface area contributed by atoms with Gasteiger partial charge in [0.15, 0.2) is 0 Å². The zero-order chi connectivity index (χ0) is 21.5. The SMILES string of the molecule is CCC(C(=O)NC1CCCC1)N(Cc1ccc(F)cc1)C(=O)Cc1ccc(F)cc1. The Hall–Kier alpha value is -2.76. The van der Waals surface area contributed by atoms with Gasteiger partial charge < -0.3 is 10.2 Å². The van der Waals surface area contributed by atoms with Gasteiger partial charge >= 0.3 is 0 Å². The second-order valence-electron chi connectivity index (χ2n) is 7.87. The Morgan fingerprint density at radius 2 is 1.50 bits per heavy atom. The molecule has 1 aliphatic carbocycles. The molecule has 1 fully saturated rings. The predicted molar refractivity (Wildman–Crippen MR) is 112 cm³/mol. The molecule has 6 heteroatoms. The van der Waals surface area contributed by atoms with E-state index in [4.69, 9.17) is 0 Å². The van der Waals surface area contributed by atoms with E-state index < -0.39 is 6.04 Å². The number of benzene rings is 2. The molecule has 0 heterocycles. The molecule has 2 amide bonds. The Morgan fingerprint density at radius 1 is 0.967 bits per heavy atom. The van der Waals surface area contributed by atoms with Crippen molar-refractivity contribution in [3.05, 3.63) is 71.3 Å². The Kier molecular flexibility index (Phi) is 7.55. The van der Waals surface area contributed by atoms with Crippen molar-refractivity contribution >= 4 is 11.8 Å². The number of nitrogens with zero attached hydrogens (tertiary/aromatic N) is 1. The Labute approximate surface area is 176 Å². The fourth-order valence-corrected chi connectivity index (χ4v) is 3.95. The van der Waals surface area contributed by atoms with Crippen LogP contribution in [-0.4, -0.2) is 28.8 Å². The van der Waals surface area contributed by atoms with Crippen molar-refractivity contribution in [1.29, 1.82) is 0 Å². The molecule has 0 radical (unpaired) electrons. The molecule has 1 N–H and O–H groups in total. The van der Waals surface area contributed by atoms with Crippen LogP contribution < -0.4 is 5.32 Å². The highest BCUT2D eigenvalue weighted by molar-refractivity contribution is 5.88. The first-order valence-corrected chi connectivity index (χ1v) is 10.5. The van der Waals surface area contributed by atoms with Crippen molar-refractivity contribution in [3.63, 3.8) is 0 Å². The minimum atomic E-state index is -0.622. The number of halogens is 2. The monoisotopic (exact) mass is 414 g/mol. The van der Waals surface area contributed by atoms with Gasteiger partial charge in [-0.3, -0.25) is 9.59 Å². The van der Waals surface area contributed by atoms with E-state index in [0.29, 0.717) is 12.0 Å². The van der Waals surface area contributed by atoms with Gasteiger partial charge in [-0.1, -0.05) is 44.0 Å². The van der Waals surface area contributed by atoms with Gasteiger partial charge in [0.1, 0.15) is 17.7 Å². The molecule has 4 nitrogen and oxygen atoms in total. The second kappa shape index (κ2) is 10.3. The Bertz CT molecular complexity index is 847. The summed E-state index contributed by atoms with van der Waals surface area (Å²) in [6, 6.07) is 11.2. The van der Waals surface area contributed by atoms with Crippen LogP contribution in [0.5, 0.6) is 0 Å². The summed E-state index contributed by atoms with van der Waals surface area (Å²) in [5, 5.41) is 3.09. The molecule has 0 spiro atoms. The lowest BCUT2D eigenvalue weighted by Crippen LogP contribution is -2.51. The molecule has 160 valence electrons. The summed E-state index contributed by atoms with van der Waals surface area (Å²) in [5.41, 5.74) is 1.42. The number of hydrogen-bond acceptors (Lipinski definition) is 2. The molecule has 0 aliphatic heterocycles. The third kappa shape index (κ3) is 5.88. The van der Waals surface area contributed by atoms with Gasteiger partial charge in [-0.05, 0) is 54.7 Å². The van der Waals surface area contributed by atoms with Crippen LogP contribution in [-0.2, 0) is 22.6 Å². The molecule has 1 atom stereocenters. The van der Waals surface area contributed by atoms with E-state index in [2.05, 4.69) is 5.32 Å². The van der Waals surface area contributed by atoms with Gasteiger partial charge in [0.05, 0.1) is 6.42 Å². The molecule has 2 aromatic carbocycles. The first-order valence-electron chi connectivity index (χ1n) is 10.5. The van der Waals surface area contributed by atoms with Gasteiger partial charge in [0, 0.05) is 12.6 Å². The summed E-state index contributed by atoms with van der Waals surface area (Å²) < 4.78 is 26.5. The Balaban J connectivity index is 1.80. The molecule has 30 heavy (non-hydrogen) atoms. The summed E-state index contributed by atoms with van der Waals surface area (Å²) in [7, 11) is 0. The molecule has 1 aliphatic rings. The third-order valence-electron chi connectivity index (χ3n) is 5.62. The molecule has 0 saturated heterocycles. The summed E-state index contributed by atoms with van der Waals surface area (Å²) in [4.78, 5) is 27.7. The molecule has 1 saturated carbocycles. The lowest BCUT2D eigenvalue weighted by molar-refractivity contribution is -0.141. The number of amides is 2. The first kappa shape index (κ1) is 21.9. The summed E-state index contributed by atoms with van der Waals surface area (Å²) in [6.07, 6.45) is 4.66. The summed E-state index contributed by atoms with van der Waals surface area (Å²) in [6.45, 7) is 2.08. The predicted octanol–water partition coefficient (Wildman–Crippen LogP) is 4.37. The van der Waals surface area contributed by atoms with Gasteiger partial charge in [0.25, 0.3) is 0 Å². The van der Waals surface area contributed by atoms with Crippen molar-refractivity contribution in [1.82, 2.24) is 10.2 Å². The number of carbonyl (C=O) groups is 2. The van der Waals surface area contributed by atoms with Crippen molar-refractivity contribution in [2.24, 2.45) is 0 Å². The molecule has 0 aromatic heterocycles. The number of nitrogens with one attached hydrogen (secondary N) is 1. The van der Waals surface area contributed by atoms with Crippen molar-refractivity contribution in [3.8, 4) is 0 Å². The quantitative estimate of drug-likeness (QED) is 0.697. The zero-order valence-electron chi connectivity index (χ0n) is 17.2. The van der Waals surface area contributed by atoms with E-state index in [1.165, 1.54) is 24.3 Å². The standard InChI is InChI=1S/C24H28F2N2O2/c1-2-22(24(30)27-21-5-3-4-6-21)28(16-18-9-13-20(26)14-10-18)23(29)15-17-7-11-19(25)12-8-17/h7-14,21-22H,2-6,15-16H2,1H3,(H,27,30). The molecule has 2 aromatic rings. The maximum Gasteiger partial charge on any atom is 0.243 e.